The summed E-state index contributed by atoms with van der Waals surface area (Å²) in [5.74, 6) is 2.49. The zero-order valence-electron chi connectivity index (χ0n) is 8.93. The van der Waals surface area contributed by atoms with Gasteiger partial charge in [0.1, 0.15) is 0 Å². The lowest BCUT2D eigenvalue weighted by molar-refractivity contribution is 0.0999. The van der Waals surface area contributed by atoms with Gasteiger partial charge in [-0.15, -0.1) is 0 Å². The number of carbonyl (C=O) groups excluding carboxylic acids is 1. The fraction of sp³-hybridized carbons (Fsp3) is 0.500. The van der Waals surface area contributed by atoms with E-state index < -0.39 is 5.91 Å². The van der Waals surface area contributed by atoms with Gasteiger partial charge in [-0.05, 0) is 12.2 Å². The van der Waals surface area contributed by atoms with E-state index in [1.54, 1.807) is 0 Å². The Morgan fingerprint density at radius 1 is 1.31 bits per heavy atom. The molecule has 86 valence electrons. The van der Waals surface area contributed by atoms with Crippen LogP contribution in [0.2, 0.25) is 0 Å². The maximum atomic E-state index is 10.9. The fourth-order valence-corrected chi connectivity index (χ4v) is 2.44. The molecule has 1 amide bonds. The summed E-state index contributed by atoms with van der Waals surface area (Å²) in [6, 6.07) is 0. The quantitative estimate of drug-likeness (QED) is 0.813. The van der Waals surface area contributed by atoms with Gasteiger partial charge >= 0.3 is 0 Å². The summed E-state index contributed by atoms with van der Waals surface area (Å²) in [5, 5.41) is 0. The Bertz CT molecular complexity index is 360. The number of aromatic nitrogens is 2. The molecule has 2 rings (SSSR count). The van der Waals surface area contributed by atoms with Gasteiger partial charge in [-0.25, -0.2) is 9.97 Å². The van der Waals surface area contributed by atoms with E-state index in [1.165, 1.54) is 18.1 Å². The standard InChI is InChI=1S/C10H14N4OS/c11-9(15)8-6-12-10(13-7-8)14-2-1-4-16-5-3-14/h6-7H,1-5H2,(H2,11,15). The highest BCUT2D eigenvalue weighted by Gasteiger charge is 2.12. The minimum absolute atomic E-state index is 0.355. The number of rotatable bonds is 2. The van der Waals surface area contributed by atoms with E-state index in [1.807, 2.05) is 11.8 Å². The van der Waals surface area contributed by atoms with Gasteiger partial charge in [-0.1, -0.05) is 0 Å². The lowest BCUT2D eigenvalue weighted by Crippen LogP contribution is -2.27. The number of primary amides is 1. The maximum absolute atomic E-state index is 10.9. The molecule has 0 unspecified atom stereocenters. The highest BCUT2D eigenvalue weighted by molar-refractivity contribution is 7.99. The van der Waals surface area contributed by atoms with Crippen LogP contribution in [-0.4, -0.2) is 40.5 Å². The lowest BCUT2D eigenvalue weighted by Gasteiger charge is -2.19. The first-order chi connectivity index (χ1) is 7.77. The number of anilines is 1. The average molecular weight is 238 g/mol. The molecule has 16 heavy (non-hydrogen) atoms. The van der Waals surface area contributed by atoms with Crippen LogP contribution in [0.1, 0.15) is 16.8 Å². The van der Waals surface area contributed by atoms with Gasteiger partial charge in [0, 0.05) is 31.2 Å². The second kappa shape index (κ2) is 5.16. The van der Waals surface area contributed by atoms with E-state index in [9.17, 15) is 4.79 Å². The minimum Gasteiger partial charge on any atom is -0.366 e. The molecule has 2 heterocycles. The molecule has 1 aliphatic rings. The zero-order chi connectivity index (χ0) is 11.4. The summed E-state index contributed by atoms with van der Waals surface area (Å²) in [5.41, 5.74) is 5.49. The average Bonchev–Trinajstić information content (AvgIpc) is 2.57. The van der Waals surface area contributed by atoms with Crippen LogP contribution in [0.25, 0.3) is 0 Å². The molecule has 1 saturated heterocycles. The summed E-state index contributed by atoms with van der Waals surface area (Å²) < 4.78 is 0. The highest BCUT2D eigenvalue weighted by atomic mass is 32.2. The number of amides is 1. The van der Waals surface area contributed by atoms with Crippen LogP contribution in [0.15, 0.2) is 12.4 Å². The Labute approximate surface area is 98.4 Å². The van der Waals surface area contributed by atoms with Crippen molar-refractivity contribution < 1.29 is 4.79 Å². The Morgan fingerprint density at radius 3 is 2.75 bits per heavy atom. The molecule has 1 fully saturated rings. The molecule has 0 spiro atoms. The molecule has 0 atom stereocenters. The van der Waals surface area contributed by atoms with Crippen molar-refractivity contribution in [3.8, 4) is 0 Å². The predicted octanol–water partition coefficient (Wildman–Crippen LogP) is 0.519. The highest BCUT2D eigenvalue weighted by Crippen LogP contribution is 2.14. The number of thioether (sulfide) groups is 1. The smallest absolute Gasteiger partial charge is 0.251 e. The van der Waals surface area contributed by atoms with E-state index in [4.69, 9.17) is 5.73 Å². The number of hydrogen-bond donors (Lipinski definition) is 1. The van der Waals surface area contributed by atoms with E-state index in [0.29, 0.717) is 11.5 Å². The van der Waals surface area contributed by atoms with Crippen molar-refractivity contribution in [1.29, 1.82) is 0 Å². The summed E-state index contributed by atoms with van der Waals surface area (Å²) >= 11 is 1.95. The van der Waals surface area contributed by atoms with Gasteiger partial charge in [0.15, 0.2) is 0 Å². The van der Waals surface area contributed by atoms with Gasteiger partial charge in [-0.3, -0.25) is 4.79 Å². The molecular weight excluding hydrogens is 224 g/mol. The second-order valence-electron chi connectivity index (χ2n) is 3.59. The maximum Gasteiger partial charge on any atom is 0.251 e. The molecule has 2 N–H and O–H groups in total. The van der Waals surface area contributed by atoms with E-state index in [2.05, 4.69) is 14.9 Å². The number of carbonyl (C=O) groups is 1. The summed E-state index contributed by atoms with van der Waals surface area (Å²) in [6.45, 7) is 1.93. The molecular formula is C10H14N4OS. The fourth-order valence-electron chi connectivity index (χ4n) is 1.56. The van der Waals surface area contributed by atoms with Crippen molar-refractivity contribution in [2.24, 2.45) is 5.73 Å². The molecule has 1 aromatic heterocycles. The molecule has 5 nitrogen and oxygen atoms in total. The van der Waals surface area contributed by atoms with Crippen LogP contribution < -0.4 is 10.6 Å². The van der Waals surface area contributed by atoms with Crippen molar-refractivity contribution in [2.45, 2.75) is 6.42 Å². The molecule has 1 aliphatic heterocycles. The normalized spacial score (nSPS) is 16.9. The molecule has 0 bridgehead atoms. The first kappa shape index (κ1) is 11.2. The van der Waals surface area contributed by atoms with Gasteiger partial charge in [-0.2, -0.15) is 11.8 Å². The number of nitrogens with two attached hydrogens (primary N) is 1. The minimum atomic E-state index is -0.488. The topological polar surface area (TPSA) is 72.1 Å². The Morgan fingerprint density at radius 2 is 2.06 bits per heavy atom. The number of nitrogens with zero attached hydrogens (tertiary/aromatic N) is 3. The third-order valence-electron chi connectivity index (χ3n) is 2.43. The van der Waals surface area contributed by atoms with E-state index in [0.717, 1.165) is 25.3 Å². The van der Waals surface area contributed by atoms with Crippen molar-refractivity contribution in [1.82, 2.24) is 9.97 Å². The summed E-state index contributed by atoms with van der Waals surface area (Å²) in [6.07, 6.45) is 4.12. The Balaban J connectivity index is 2.10. The van der Waals surface area contributed by atoms with Crippen molar-refractivity contribution in [3.63, 3.8) is 0 Å². The molecule has 0 radical (unpaired) electrons. The lowest BCUT2D eigenvalue weighted by atomic mass is 10.3. The van der Waals surface area contributed by atoms with Gasteiger partial charge in [0.05, 0.1) is 5.56 Å². The predicted molar refractivity (Wildman–Crippen MR) is 64.7 cm³/mol. The Hall–Kier alpha value is -1.30. The van der Waals surface area contributed by atoms with Crippen LogP contribution in [0.3, 0.4) is 0 Å². The largest absolute Gasteiger partial charge is 0.366 e. The zero-order valence-corrected chi connectivity index (χ0v) is 9.74. The first-order valence-corrected chi connectivity index (χ1v) is 6.37. The van der Waals surface area contributed by atoms with Crippen LogP contribution in [0, 0.1) is 0 Å². The van der Waals surface area contributed by atoms with Crippen molar-refractivity contribution >= 4 is 23.6 Å². The van der Waals surface area contributed by atoms with Crippen LogP contribution in [0.5, 0.6) is 0 Å². The Kier molecular flexibility index (Phi) is 3.61. The van der Waals surface area contributed by atoms with Gasteiger partial charge < -0.3 is 10.6 Å². The first-order valence-electron chi connectivity index (χ1n) is 5.22. The summed E-state index contributed by atoms with van der Waals surface area (Å²) in [7, 11) is 0. The molecule has 1 aromatic rings. The SMILES string of the molecule is NC(=O)c1cnc(N2CCCSCC2)nc1. The van der Waals surface area contributed by atoms with Crippen molar-refractivity contribution in [2.75, 3.05) is 29.5 Å². The molecule has 0 saturated carbocycles. The third kappa shape index (κ3) is 2.63. The van der Waals surface area contributed by atoms with Gasteiger partial charge in [0.25, 0.3) is 5.91 Å². The van der Waals surface area contributed by atoms with Crippen LogP contribution in [0.4, 0.5) is 5.95 Å². The summed E-state index contributed by atoms with van der Waals surface area (Å²) in [4.78, 5) is 21.4. The van der Waals surface area contributed by atoms with E-state index in [-0.39, 0.29) is 0 Å². The number of hydrogen-bond acceptors (Lipinski definition) is 5. The molecule has 0 aliphatic carbocycles. The monoisotopic (exact) mass is 238 g/mol. The van der Waals surface area contributed by atoms with Gasteiger partial charge in [0.2, 0.25) is 5.95 Å². The third-order valence-corrected chi connectivity index (χ3v) is 3.48. The second-order valence-corrected chi connectivity index (χ2v) is 4.81. The molecule has 0 aromatic carbocycles. The van der Waals surface area contributed by atoms with E-state index >= 15 is 0 Å². The van der Waals surface area contributed by atoms with Crippen LogP contribution >= 0.6 is 11.8 Å². The molecule has 6 heteroatoms. The van der Waals surface area contributed by atoms with Crippen LogP contribution in [-0.2, 0) is 0 Å². The van der Waals surface area contributed by atoms with Crippen molar-refractivity contribution in [3.05, 3.63) is 18.0 Å².